The van der Waals surface area contributed by atoms with Crippen LogP contribution >= 0.6 is 11.6 Å². The van der Waals surface area contributed by atoms with E-state index < -0.39 is 4.92 Å². The standard InChI is InChI=1S/C10H15ClN4O2/c1-4-7(6(2)3)13-9-8(15(16)17)5-12-10(11)14-9/h5-7H,4H2,1-3H3,(H,12,13,14). The summed E-state index contributed by atoms with van der Waals surface area (Å²) in [5.74, 6) is 0.517. The van der Waals surface area contributed by atoms with E-state index in [9.17, 15) is 10.1 Å². The van der Waals surface area contributed by atoms with Crippen LogP contribution in [0.2, 0.25) is 5.28 Å². The summed E-state index contributed by atoms with van der Waals surface area (Å²) in [5.41, 5.74) is -0.159. The van der Waals surface area contributed by atoms with E-state index in [1.54, 1.807) is 0 Å². The summed E-state index contributed by atoms with van der Waals surface area (Å²) in [6.07, 6.45) is 1.96. The maximum Gasteiger partial charge on any atom is 0.329 e. The maximum atomic E-state index is 10.8. The zero-order valence-corrected chi connectivity index (χ0v) is 10.7. The molecule has 0 bridgehead atoms. The molecule has 7 heteroatoms. The Morgan fingerprint density at radius 2 is 2.24 bits per heavy atom. The molecule has 0 radical (unpaired) electrons. The average Bonchev–Trinajstić information content (AvgIpc) is 2.25. The molecule has 17 heavy (non-hydrogen) atoms. The Hall–Kier alpha value is -1.43. The Labute approximate surface area is 105 Å². The van der Waals surface area contributed by atoms with Crippen molar-refractivity contribution in [3.8, 4) is 0 Å². The predicted molar refractivity (Wildman–Crippen MR) is 66.2 cm³/mol. The van der Waals surface area contributed by atoms with Gasteiger partial charge in [-0.3, -0.25) is 10.1 Å². The Bertz CT molecular complexity index is 411. The summed E-state index contributed by atoms with van der Waals surface area (Å²) in [6, 6.07) is 0.111. The molecular formula is C10H15ClN4O2. The molecule has 1 rings (SSSR count). The van der Waals surface area contributed by atoms with E-state index in [0.717, 1.165) is 12.6 Å². The number of nitro groups is 1. The number of aromatic nitrogens is 2. The summed E-state index contributed by atoms with van der Waals surface area (Å²) < 4.78 is 0. The van der Waals surface area contributed by atoms with Gasteiger partial charge in [0.05, 0.1) is 4.92 Å². The topological polar surface area (TPSA) is 81.0 Å². The van der Waals surface area contributed by atoms with E-state index in [4.69, 9.17) is 11.6 Å². The number of hydrogen-bond acceptors (Lipinski definition) is 5. The molecule has 1 aromatic rings. The minimum absolute atomic E-state index is 0.00305. The highest BCUT2D eigenvalue weighted by atomic mass is 35.5. The first kappa shape index (κ1) is 13.6. The van der Waals surface area contributed by atoms with Gasteiger partial charge in [0, 0.05) is 6.04 Å². The summed E-state index contributed by atoms with van der Waals surface area (Å²) in [6.45, 7) is 6.08. The molecule has 0 saturated heterocycles. The second kappa shape index (κ2) is 5.77. The Morgan fingerprint density at radius 1 is 1.59 bits per heavy atom. The lowest BCUT2D eigenvalue weighted by Gasteiger charge is -2.20. The van der Waals surface area contributed by atoms with E-state index >= 15 is 0 Å². The molecule has 0 aliphatic carbocycles. The SMILES string of the molecule is CCC(Nc1nc(Cl)ncc1[N+](=O)[O-])C(C)C. The van der Waals surface area contributed by atoms with Crippen molar-refractivity contribution >= 4 is 23.1 Å². The first-order chi connectivity index (χ1) is 7.95. The van der Waals surface area contributed by atoms with Gasteiger partial charge in [0.1, 0.15) is 6.20 Å². The highest BCUT2D eigenvalue weighted by Crippen LogP contribution is 2.24. The zero-order valence-electron chi connectivity index (χ0n) is 9.98. The highest BCUT2D eigenvalue weighted by Gasteiger charge is 2.20. The van der Waals surface area contributed by atoms with Gasteiger partial charge in [-0.15, -0.1) is 0 Å². The van der Waals surface area contributed by atoms with Crippen LogP contribution in [-0.4, -0.2) is 20.9 Å². The monoisotopic (exact) mass is 258 g/mol. The minimum atomic E-state index is -0.522. The first-order valence-electron chi connectivity index (χ1n) is 5.39. The van der Waals surface area contributed by atoms with Crippen LogP contribution in [0.5, 0.6) is 0 Å². The van der Waals surface area contributed by atoms with Crippen LogP contribution in [0, 0.1) is 16.0 Å². The molecule has 94 valence electrons. The molecule has 6 nitrogen and oxygen atoms in total. The van der Waals surface area contributed by atoms with Gasteiger partial charge in [-0.2, -0.15) is 4.98 Å². The third-order valence-electron chi connectivity index (χ3n) is 2.50. The van der Waals surface area contributed by atoms with E-state index in [0.29, 0.717) is 5.92 Å². The quantitative estimate of drug-likeness (QED) is 0.499. The van der Waals surface area contributed by atoms with Gasteiger partial charge in [-0.1, -0.05) is 20.8 Å². The molecule has 1 heterocycles. The van der Waals surface area contributed by atoms with Gasteiger partial charge >= 0.3 is 5.69 Å². The third kappa shape index (κ3) is 3.52. The van der Waals surface area contributed by atoms with Gasteiger partial charge in [0.25, 0.3) is 0 Å². The van der Waals surface area contributed by atoms with Crippen LogP contribution in [0.15, 0.2) is 6.20 Å². The van der Waals surface area contributed by atoms with Crippen molar-refractivity contribution in [1.82, 2.24) is 9.97 Å². The van der Waals surface area contributed by atoms with Crippen molar-refractivity contribution in [3.63, 3.8) is 0 Å². The fourth-order valence-corrected chi connectivity index (χ4v) is 1.64. The fourth-order valence-electron chi connectivity index (χ4n) is 1.51. The van der Waals surface area contributed by atoms with Crippen LogP contribution in [0.1, 0.15) is 27.2 Å². The molecule has 0 aliphatic heterocycles. The largest absolute Gasteiger partial charge is 0.361 e. The average molecular weight is 259 g/mol. The van der Waals surface area contributed by atoms with Gasteiger partial charge in [-0.05, 0) is 23.9 Å². The molecule has 0 aliphatic rings. The third-order valence-corrected chi connectivity index (χ3v) is 2.69. The second-order valence-electron chi connectivity index (χ2n) is 4.03. The summed E-state index contributed by atoms with van der Waals surface area (Å²) in [4.78, 5) is 17.8. The normalized spacial score (nSPS) is 12.5. The summed E-state index contributed by atoms with van der Waals surface area (Å²) in [5, 5.41) is 13.9. The lowest BCUT2D eigenvalue weighted by Crippen LogP contribution is -2.25. The van der Waals surface area contributed by atoms with Gasteiger partial charge in [0.15, 0.2) is 0 Å². The van der Waals surface area contributed by atoms with Gasteiger partial charge in [0.2, 0.25) is 11.1 Å². The summed E-state index contributed by atoms with van der Waals surface area (Å²) in [7, 11) is 0. The second-order valence-corrected chi connectivity index (χ2v) is 4.37. The van der Waals surface area contributed by atoms with Crippen LogP contribution in [0.25, 0.3) is 0 Å². The van der Waals surface area contributed by atoms with E-state index in [1.807, 2.05) is 20.8 Å². The zero-order chi connectivity index (χ0) is 13.0. The number of nitrogens with zero attached hydrogens (tertiary/aromatic N) is 3. The van der Waals surface area contributed by atoms with Gasteiger partial charge in [-0.25, -0.2) is 4.98 Å². The first-order valence-corrected chi connectivity index (χ1v) is 5.77. The van der Waals surface area contributed by atoms with Crippen molar-refractivity contribution in [2.45, 2.75) is 33.2 Å². The van der Waals surface area contributed by atoms with Crippen molar-refractivity contribution in [2.75, 3.05) is 5.32 Å². The number of halogens is 1. The van der Waals surface area contributed by atoms with Crippen molar-refractivity contribution < 1.29 is 4.92 Å². The Balaban J connectivity index is 3.03. The molecule has 1 atom stereocenters. The molecule has 0 saturated carbocycles. The maximum absolute atomic E-state index is 10.8. The van der Waals surface area contributed by atoms with E-state index in [1.165, 1.54) is 0 Å². The summed E-state index contributed by atoms with van der Waals surface area (Å²) >= 11 is 5.64. The van der Waals surface area contributed by atoms with Gasteiger partial charge < -0.3 is 5.32 Å². The molecule has 0 amide bonds. The molecule has 0 fully saturated rings. The number of nitrogens with one attached hydrogen (secondary N) is 1. The van der Waals surface area contributed by atoms with Crippen molar-refractivity contribution in [3.05, 3.63) is 21.6 Å². The van der Waals surface area contributed by atoms with Crippen LogP contribution in [-0.2, 0) is 0 Å². The van der Waals surface area contributed by atoms with E-state index in [-0.39, 0.29) is 22.8 Å². The van der Waals surface area contributed by atoms with Crippen LogP contribution in [0.4, 0.5) is 11.5 Å². The lowest BCUT2D eigenvalue weighted by atomic mass is 10.0. The Kier molecular flexibility index (Phi) is 4.62. The highest BCUT2D eigenvalue weighted by molar-refractivity contribution is 6.28. The number of hydrogen-bond donors (Lipinski definition) is 1. The predicted octanol–water partition coefficient (Wildman–Crippen LogP) is 2.88. The molecule has 1 aromatic heterocycles. The van der Waals surface area contributed by atoms with Crippen molar-refractivity contribution in [1.29, 1.82) is 0 Å². The Morgan fingerprint density at radius 3 is 2.71 bits per heavy atom. The number of rotatable bonds is 5. The lowest BCUT2D eigenvalue weighted by molar-refractivity contribution is -0.384. The van der Waals surface area contributed by atoms with Crippen LogP contribution < -0.4 is 5.32 Å². The molecular weight excluding hydrogens is 244 g/mol. The van der Waals surface area contributed by atoms with E-state index in [2.05, 4.69) is 15.3 Å². The molecule has 0 aromatic carbocycles. The van der Waals surface area contributed by atoms with Crippen LogP contribution in [0.3, 0.4) is 0 Å². The molecule has 0 spiro atoms. The smallest absolute Gasteiger partial charge is 0.329 e. The molecule has 1 unspecified atom stereocenters. The van der Waals surface area contributed by atoms with Crippen molar-refractivity contribution in [2.24, 2.45) is 5.92 Å². The minimum Gasteiger partial charge on any atom is -0.361 e. The molecule has 1 N–H and O–H groups in total. The number of anilines is 1. The fraction of sp³-hybridized carbons (Fsp3) is 0.600.